The first-order chi connectivity index (χ1) is 10.0. The monoisotopic (exact) mass is 291 g/mol. The van der Waals surface area contributed by atoms with E-state index in [0.29, 0.717) is 0 Å². The maximum absolute atomic E-state index is 14.1. The normalized spacial score (nSPS) is 13.0. The molecule has 0 bridgehead atoms. The van der Waals surface area contributed by atoms with Crippen LogP contribution in [-0.2, 0) is 5.92 Å². The second-order valence-electron chi connectivity index (χ2n) is 4.95. The minimum Gasteiger partial charge on any atom is -0.497 e. The predicted octanol–water partition coefficient (Wildman–Crippen LogP) is 4.14. The van der Waals surface area contributed by atoms with Crippen LogP contribution in [0.2, 0.25) is 0 Å². The number of hydrogen-bond acceptors (Lipinski definition) is 2. The van der Waals surface area contributed by atoms with Crippen molar-refractivity contribution in [2.75, 3.05) is 13.7 Å². The molecule has 0 radical (unpaired) electrons. The van der Waals surface area contributed by atoms with Crippen molar-refractivity contribution in [3.05, 3.63) is 65.7 Å². The molecule has 21 heavy (non-hydrogen) atoms. The van der Waals surface area contributed by atoms with E-state index in [0.717, 1.165) is 11.3 Å². The van der Waals surface area contributed by atoms with E-state index < -0.39 is 12.5 Å². The number of nitrogens with one attached hydrogen (secondary N) is 1. The van der Waals surface area contributed by atoms with E-state index in [1.807, 2.05) is 31.2 Å². The van der Waals surface area contributed by atoms with Gasteiger partial charge in [0.2, 0.25) is 0 Å². The Labute approximate surface area is 123 Å². The molecule has 2 rings (SSSR count). The van der Waals surface area contributed by atoms with E-state index in [-0.39, 0.29) is 11.6 Å². The molecule has 0 aromatic heterocycles. The van der Waals surface area contributed by atoms with Crippen molar-refractivity contribution in [1.82, 2.24) is 5.32 Å². The van der Waals surface area contributed by atoms with Crippen LogP contribution >= 0.6 is 0 Å². The van der Waals surface area contributed by atoms with Gasteiger partial charge in [-0.1, -0.05) is 42.5 Å². The summed E-state index contributed by atoms with van der Waals surface area (Å²) < 4.78 is 33.3. The second kappa shape index (κ2) is 6.68. The molecule has 0 unspecified atom stereocenters. The summed E-state index contributed by atoms with van der Waals surface area (Å²) in [7, 11) is 1.58. The van der Waals surface area contributed by atoms with E-state index in [1.165, 1.54) is 12.1 Å². The molecule has 0 fully saturated rings. The van der Waals surface area contributed by atoms with Gasteiger partial charge in [0.05, 0.1) is 13.7 Å². The van der Waals surface area contributed by atoms with Gasteiger partial charge in [0, 0.05) is 11.6 Å². The van der Waals surface area contributed by atoms with E-state index >= 15 is 0 Å². The summed E-state index contributed by atoms with van der Waals surface area (Å²) in [6.07, 6.45) is 0. The molecule has 0 heterocycles. The Kier molecular flexibility index (Phi) is 4.91. The van der Waals surface area contributed by atoms with Gasteiger partial charge >= 0.3 is 0 Å². The van der Waals surface area contributed by atoms with Gasteiger partial charge in [0.1, 0.15) is 5.75 Å². The van der Waals surface area contributed by atoms with Gasteiger partial charge in [-0.3, -0.25) is 0 Å². The Hall–Kier alpha value is -1.94. The fourth-order valence-corrected chi connectivity index (χ4v) is 2.09. The molecule has 2 nitrogen and oxygen atoms in total. The van der Waals surface area contributed by atoms with Gasteiger partial charge < -0.3 is 10.1 Å². The largest absolute Gasteiger partial charge is 0.497 e. The van der Waals surface area contributed by atoms with Crippen molar-refractivity contribution in [2.45, 2.75) is 18.9 Å². The van der Waals surface area contributed by atoms with Crippen molar-refractivity contribution in [3.8, 4) is 5.75 Å². The van der Waals surface area contributed by atoms with E-state index in [2.05, 4.69) is 5.32 Å². The van der Waals surface area contributed by atoms with Crippen LogP contribution in [0.4, 0.5) is 8.78 Å². The lowest BCUT2D eigenvalue weighted by Crippen LogP contribution is -2.32. The molecule has 1 atom stereocenters. The van der Waals surface area contributed by atoms with Crippen LogP contribution in [-0.4, -0.2) is 13.7 Å². The summed E-state index contributed by atoms with van der Waals surface area (Å²) in [5.41, 5.74) is 0.938. The highest BCUT2D eigenvalue weighted by atomic mass is 19.3. The Bertz CT molecular complexity index is 572. The van der Waals surface area contributed by atoms with E-state index in [1.54, 1.807) is 25.3 Å². The molecule has 0 saturated carbocycles. The minimum absolute atomic E-state index is 0.0235. The Balaban J connectivity index is 2.01. The summed E-state index contributed by atoms with van der Waals surface area (Å²) in [4.78, 5) is 0. The molecule has 0 aliphatic carbocycles. The molecule has 0 spiro atoms. The molecule has 1 N–H and O–H groups in total. The second-order valence-corrected chi connectivity index (χ2v) is 4.95. The zero-order chi connectivity index (χ0) is 15.3. The SMILES string of the molecule is COc1cccc([C@H](C)NCC(F)(F)c2ccccc2)c1. The Morgan fingerprint density at radius 1 is 1.10 bits per heavy atom. The average Bonchev–Trinajstić information content (AvgIpc) is 2.53. The van der Waals surface area contributed by atoms with Gasteiger partial charge in [-0.15, -0.1) is 0 Å². The Morgan fingerprint density at radius 2 is 1.81 bits per heavy atom. The highest BCUT2D eigenvalue weighted by Crippen LogP contribution is 2.28. The zero-order valence-electron chi connectivity index (χ0n) is 12.1. The standard InChI is InChI=1S/C17H19F2NO/c1-13(14-7-6-10-16(11-14)21-2)20-12-17(18,19)15-8-4-3-5-9-15/h3-11,13,20H,12H2,1-2H3/t13-/m0/s1. The maximum atomic E-state index is 14.1. The molecule has 0 amide bonds. The third-order valence-corrected chi connectivity index (χ3v) is 3.42. The summed E-state index contributed by atoms with van der Waals surface area (Å²) >= 11 is 0. The molecule has 112 valence electrons. The van der Waals surface area contributed by atoms with Crippen LogP contribution in [0.1, 0.15) is 24.1 Å². The third kappa shape index (κ3) is 4.02. The minimum atomic E-state index is -2.89. The van der Waals surface area contributed by atoms with Gasteiger partial charge in [-0.25, -0.2) is 0 Å². The zero-order valence-corrected chi connectivity index (χ0v) is 12.1. The number of rotatable bonds is 6. The smallest absolute Gasteiger partial charge is 0.285 e. The number of methoxy groups -OCH3 is 1. The molecule has 4 heteroatoms. The van der Waals surface area contributed by atoms with Crippen molar-refractivity contribution in [3.63, 3.8) is 0 Å². The van der Waals surface area contributed by atoms with Crippen molar-refractivity contribution in [2.24, 2.45) is 0 Å². The van der Waals surface area contributed by atoms with Gasteiger partial charge in [-0.2, -0.15) is 8.78 Å². The van der Waals surface area contributed by atoms with Gasteiger partial charge in [0.25, 0.3) is 5.92 Å². The molecule has 0 aliphatic rings. The number of hydrogen-bond donors (Lipinski definition) is 1. The van der Waals surface area contributed by atoms with Crippen LogP contribution in [0.15, 0.2) is 54.6 Å². The average molecular weight is 291 g/mol. The lowest BCUT2D eigenvalue weighted by molar-refractivity contribution is -0.00534. The lowest BCUT2D eigenvalue weighted by atomic mass is 10.1. The molecule has 2 aromatic carbocycles. The quantitative estimate of drug-likeness (QED) is 0.863. The van der Waals surface area contributed by atoms with Crippen LogP contribution in [0.5, 0.6) is 5.75 Å². The van der Waals surface area contributed by atoms with Crippen LogP contribution in [0, 0.1) is 0 Å². The highest BCUT2D eigenvalue weighted by Gasteiger charge is 2.31. The summed E-state index contributed by atoms with van der Waals surface area (Å²) in [6, 6.07) is 15.1. The molecule has 0 aliphatic heterocycles. The summed E-state index contributed by atoms with van der Waals surface area (Å²) in [5, 5.41) is 2.88. The molecule has 0 saturated heterocycles. The fraction of sp³-hybridized carbons (Fsp3) is 0.294. The summed E-state index contributed by atoms with van der Waals surface area (Å²) in [6.45, 7) is 1.45. The van der Waals surface area contributed by atoms with Gasteiger partial charge in [-0.05, 0) is 24.6 Å². The number of alkyl halides is 2. The number of ether oxygens (including phenoxy) is 1. The van der Waals surface area contributed by atoms with Crippen molar-refractivity contribution < 1.29 is 13.5 Å². The molecule has 2 aromatic rings. The van der Waals surface area contributed by atoms with Crippen molar-refractivity contribution >= 4 is 0 Å². The molecular weight excluding hydrogens is 272 g/mol. The fourth-order valence-electron chi connectivity index (χ4n) is 2.09. The van der Waals surface area contributed by atoms with Gasteiger partial charge in [0.15, 0.2) is 0 Å². The third-order valence-electron chi connectivity index (χ3n) is 3.42. The van der Waals surface area contributed by atoms with Crippen LogP contribution < -0.4 is 10.1 Å². The van der Waals surface area contributed by atoms with Crippen molar-refractivity contribution in [1.29, 1.82) is 0 Å². The van der Waals surface area contributed by atoms with E-state index in [4.69, 9.17) is 4.74 Å². The first-order valence-electron chi connectivity index (χ1n) is 6.83. The number of benzene rings is 2. The summed E-state index contributed by atoms with van der Waals surface area (Å²) in [5.74, 6) is -2.18. The first kappa shape index (κ1) is 15.4. The maximum Gasteiger partial charge on any atom is 0.285 e. The molecular formula is C17H19F2NO. The topological polar surface area (TPSA) is 21.3 Å². The number of halogens is 2. The Morgan fingerprint density at radius 3 is 2.48 bits per heavy atom. The highest BCUT2D eigenvalue weighted by molar-refractivity contribution is 5.30. The van der Waals surface area contributed by atoms with Crippen LogP contribution in [0.25, 0.3) is 0 Å². The van der Waals surface area contributed by atoms with E-state index in [9.17, 15) is 8.78 Å². The predicted molar refractivity (Wildman–Crippen MR) is 79.7 cm³/mol. The first-order valence-corrected chi connectivity index (χ1v) is 6.83. The van der Waals surface area contributed by atoms with Crippen LogP contribution in [0.3, 0.4) is 0 Å². The lowest BCUT2D eigenvalue weighted by Gasteiger charge is -2.21.